The van der Waals surface area contributed by atoms with Crippen LogP contribution in [0.2, 0.25) is 10.0 Å². The fourth-order valence-electron chi connectivity index (χ4n) is 2.70. The smallest absolute Gasteiger partial charge is 0.148 e. The summed E-state index contributed by atoms with van der Waals surface area (Å²) in [6, 6.07) is 8.13. The molecule has 0 saturated carbocycles. The molecule has 0 spiro atoms. The van der Waals surface area contributed by atoms with Crippen LogP contribution in [-0.2, 0) is 4.74 Å². The number of aromatic nitrogens is 2. The normalized spacial score (nSPS) is 17.0. The highest BCUT2D eigenvalue weighted by Crippen LogP contribution is 2.26. The van der Waals surface area contributed by atoms with Gasteiger partial charge in [0.1, 0.15) is 17.2 Å². The summed E-state index contributed by atoms with van der Waals surface area (Å²) in [4.78, 5) is 10.5. The molecule has 1 saturated heterocycles. The minimum Gasteiger partial charge on any atom is -0.379 e. The van der Waals surface area contributed by atoms with Crippen molar-refractivity contribution >= 4 is 29.0 Å². The molecule has 1 aromatic heterocycles. The number of halogens is 2. The van der Waals surface area contributed by atoms with Crippen LogP contribution in [0.3, 0.4) is 0 Å². The van der Waals surface area contributed by atoms with Gasteiger partial charge in [-0.1, -0.05) is 35.3 Å². The number of hydrogen-bond acceptors (Lipinski definition) is 5. The number of benzene rings is 1. The van der Waals surface area contributed by atoms with Crippen molar-refractivity contribution < 1.29 is 4.74 Å². The number of morpholine rings is 1. The molecule has 5 nitrogen and oxygen atoms in total. The van der Waals surface area contributed by atoms with Crippen LogP contribution in [0, 0.1) is 0 Å². The van der Waals surface area contributed by atoms with Gasteiger partial charge in [0, 0.05) is 24.7 Å². The maximum absolute atomic E-state index is 6.16. The third-order valence-corrected chi connectivity index (χ3v) is 4.36. The summed E-state index contributed by atoms with van der Waals surface area (Å²) in [5, 5.41) is 4.57. The zero-order chi connectivity index (χ0) is 16.1. The zero-order valence-electron chi connectivity index (χ0n) is 12.6. The number of rotatable bonds is 5. The van der Waals surface area contributed by atoms with Gasteiger partial charge in [-0.25, -0.2) is 9.97 Å². The Morgan fingerprint density at radius 3 is 2.83 bits per heavy atom. The van der Waals surface area contributed by atoms with Gasteiger partial charge in [-0.15, -0.1) is 0 Å². The van der Waals surface area contributed by atoms with Crippen molar-refractivity contribution in [2.24, 2.45) is 0 Å². The lowest BCUT2D eigenvalue weighted by Gasteiger charge is -2.35. The van der Waals surface area contributed by atoms with Gasteiger partial charge in [-0.2, -0.15) is 0 Å². The monoisotopic (exact) mass is 352 g/mol. The van der Waals surface area contributed by atoms with Crippen LogP contribution in [0.25, 0.3) is 0 Å². The first kappa shape index (κ1) is 16.5. The fraction of sp³-hybridized carbons (Fsp3) is 0.375. The molecule has 7 heteroatoms. The molecule has 1 aromatic carbocycles. The Hall–Kier alpha value is -1.40. The summed E-state index contributed by atoms with van der Waals surface area (Å²) in [5.74, 6) is 0.641. The van der Waals surface area contributed by atoms with E-state index in [-0.39, 0.29) is 6.04 Å². The molecule has 1 atom stereocenters. The Bertz CT molecular complexity index is 649. The molecule has 0 aliphatic carbocycles. The number of hydrogen-bond donors (Lipinski definition) is 1. The molecular formula is C16H18Cl2N4O. The first-order valence-electron chi connectivity index (χ1n) is 7.50. The average molecular weight is 353 g/mol. The molecular weight excluding hydrogens is 335 g/mol. The Balaban J connectivity index is 1.78. The lowest BCUT2D eigenvalue weighted by Crippen LogP contribution is -2.41. The third kappa shape index (κ3) is 4.32. The van der Waals surface area contributed by atoms with E-state index in [0.29, 0.717) is 17.4 Å². The number of anilines is 1. The highest BCUT2D eigenvalue weighted by Gasteiger charge is 2.23. The Labute approximate surface area is 145 Å². The Morgan fingerprint density at radius 1 is 1.26 bits per heavy atom. The van der Waals surface area contributed by atoms with Gasteiger partial charge < -0.3 is 10.1 Å². The molecule has 1 unspecified atom stereocenters. The molecule has 1 fully saturated rings. The molecule has 0 radical (unpaired) electrons. The lowest BCUT2D eigenvalue weighted by atomic mass is 10.0. The molecule has 0 bridgehead atoms. The number of nitrogens with zero attached hydrogens (tertiary/aromatic N) is 3. The van der Waals surface area contributed by atoms with E-state index in [2.05, 4.69) is 26.3 Å². The van der Waals surface area contributed by atoms with E-state index in [9.17, 15) is 0 Å². The first-order valence-corrected chi connectivity index (χ1v) is 8.26. The van der Waals surface area contributed by atoms with E-state index in [1.807, 2.05) is 18.2 Å². The highest BCUT2D eigenvalue weighted by atomic mass is 35.5. The van der Waals surface area contributed by atoms with Crippen LogP contribution in [0.5, 0.6) is 0 Å². The molecule has 1 aliphatic rings. The Morgan fingerprint density at radius 2 is 2.09 bits per heavy atom. The first-order chi connectivity index (χ1) is 11.2. The van der Waals surface area contributed by atoms with Gasteiger partial charge in [0.05, 0.1) is 25.5 Å². The molecule has 0 amide bonds. The highest BCUT2D eigenvalue weighted by molar-refractivity contribution is 6.32. The molecule has 2 aromatic rings. The van der Waals surface area contributed by atoms with Crippen LogP contribution < -0.4 is 5.32 Å². The number of ether oxygens (including phenoxy) is 1. The zero-order valence-corrected chi connectivity index (χ0v) is 14.1. The van der Waals surface area contributed by atoms with Gasteiger partial charge >= 0.3 is 0 Å². The van der Waals surface area contributed by atoms with Crippen LogP contribution >= 0.6 is 23.2 Å². The predicted octanol–water partition coefficient (Wildman–Crippen LogP) is 3.27. The summed E-state index contributed by atoms with van der Waals surface area (Å²) >= 11 is 12.3. The summed E-state index contributed by atoms with van der Waals surface area (Å²) in [5.41, 5.74) is 1.16. The molecule has 3 rings (SSSR count). The van der Waals surface area contributed by atoms with Gasteiger partial charge in [0.25, 0.3) is 0 Å². The molecule has 2 heterocycles. The van der Waals surface area contributed by atoms with Crippen LogP contribution in [-0.4, -0.2) is 47.7 Å². The second kappa shape index (κ2) is 7.93. The van der Waals surface area contributed by atoms with E-state index in [1.165, 1.54) is 6.33 Å². The van der Waals surface area contributed by atoms with E-state index >= 15 is 0 Å². The maximum atomic E-state index is 6.16. The van der Waals surface area contributed by atoms with Crippen molar-refractivity contribution in [3.8, 4) is 0 Å². The van der Waals surface area contributed by atoms with Crippen LogP contribution in [0.15, 0.2) is 36.8 Å². The van der Waals surface area contributed by atoms with Gasteiger partial charge in [0.2, 0.25) is 0 Å². The number of nitrogens with one attached hydrogen (secondary N) is 1. The van der Waals surface area contributed by atoms with E-state index < -0.39 is 0 Å². The standard InChI is InChI=1S/C16H18Cl2N4O/c17-13-3-1-2-12(8-13)15(22-4-6-23-7-5-22)10-20-16-14(18)9-19-11-21-16/h1-3,8-9,11,15H,4-7,10H2,(H,19,20,21). The van der Waals surface area contributed by atoms with Crippen LogP contribution in [0.1, 0.15) is 11.6 Å². The largest absolute Gasteiger partial charge is 0.379 e. The van der Waals surface area contributed by atoms with Crippen LogP contribution in [0.4, 0.5) is 5.82 Å². The molecule has 122 valence electrons. The SMILES string of the molecule is Clc1cccc(C(CNc2ncncc2Cl)N2CCOCC2)c1. The second-order valence-electron chi connectivity index (χ2n) is 5.32. The quantitative estimate of drug-likeness (QED) is 0.894. The van der Waals surface area contributed by atoms with Crippen molar-refractivity contribution in [3.63, 3.8) is 0 Å². The fourth-order valence-corrected chi connectivity index (χ4v) is 3.07. The van der Waals surface area contributed by atoms with Crippen molar-refractivity contribution in [1.29, 1.82) is 0 Å². The van der Waals surface area contributed by atoms with Gasteiger partial charge in [0.15, 0.2) is 0 Å². The second-order valence-corrected chi connectivity index (χ2v) is 6.16. The Kier molecular flexibility index (Phi) is 5.67. The minimum atomic E-state index is 0.170. The summed E-state index contributed by atoms with van der Waals surface area (Å²) < 4.78 is 5.46. The average Bonchev–Trinajstić information content (AvgIpc) is 2.58. The van der Waals surface area contributed by atoms with Crippen molar-refractivity contribution in [2.75, 3.05) is 38.2 Å². The van der Waals surface area contributed by atoms with E-state index in [4.69, 9.17) is 27.9 Å². The van der Waals surface area contributed by atoms with E-state index in [0.717, 1.165) is 36.9 Å². The molecule has 1 aliphatic heterocycles. The molecule has 23 heavy (non-hydrogen) atoms. The summed E-state index contributed by atoms with van der Waals surface area (Å²) in [6.45, 7) is 3.93. The summed E-state index contributed by atoms with van der Waals surface area (Å²) in [6.07, 6.45) is 3.07. The summed E-state index contributed by atoms with van der Waals surface area (Å²) in [7, 11) is 0. The maximum Gasteiger partial charge on any atom is 0.148 e. The lowest BCUT2D eigenvalue weighted by molar-refractivity contribution is 0.0187. The van der Waals surface area contributed by atoms with Gasteiger partial charge in [-0.3, -0.25) is 4.90 Å². The minimum absolute atomic E-state index is 0.170. The predicted molar refractivity (Wildman–Crippen MR) is 92.1 cm³/mol. The third-order valence-electron chi connectivity index (χ3n) is 3.85. The van der Waals surface area contributed by atoms with Gasteiger partial charge in [-0.05, 0) is 17.7 Å². The van der Waals surface area contributed by atoms with E-state index in [1.54, 1.807) is 6.20 Å². The van der Waals surface area contributed by atoms with Crippen molar-refractivity contribution in [3.05, 3.63) is 52.4 Å². The topological polar surface area (TPSA) is 50.3 Å². The van der Waals surface area contributed by atoms with Crippen molar-refractivity contribution in [1.82, 2.24) is 14.9 Å². The van der Waals surface area contributed by atoms with Crippen molar-refractivity contribution in [2.45, 2.75) is 6.04 Å². The molecule has 1 N–H and O–H groups in total.